The van der Waals surface area contributed by atoms with Crippen LogP contribution in [0.4, 0.5) is 5.69 Å². The predicted molar refractivity (Wildman–Crippen MR) is 61.7 cm³/mol. The van der Waals surface area contributed by atoms with Crippen LogP contribution in [-0.2, 0) is 4.79 Å². The Labute approximate surface area is 98.0 Å². The fraction of sp³-hybridized carbons (Fsp3) is 0.300. The van der Waals surface area contributed by atoms with Crippen molar-refractivity contribution in [2.45, 2.75) is 12.8 Å². The molecule has 0 atom stereocenters. The van der Waals surface area contributed by atoms with Gasteiger partial charge in [-0.25, -0.2) is 0 Å². The largest absolute Gasteiger partial charge is 0.506 e. The zero-order valence-electron chi connectivity index (χ0n) is 7.96. The Morgan fingerprint density at radius 3 is 2.80 bits per heavy atom. The fourth-order valence-electron chi connectivity index (χ4n) is 1.04. The normalized spacial score (nSPS) is 10.0. The van der Waals surface area contributed by atoms with Crippen molar-refractivity contribution in [3.8, 4) is 5.75 Å². The minimum atomic E-state index is -0.114. The number of phenols is 1. The Kier molecular flexibility index (Phi) is 4.72. The second-order valence-corrected chi connectivity index (χ2v) is 3.79. The number of halogens is 2. The molecule has 0 saturated heterocycles. The molecule has 15 heavy (non-hydrogen) atoms. The molecule has 1 rings (SSSR count). The van der Waals surface area contributed by atoms with E-state index >= 15 is 0 Å². The first-order valence-electron chi connectivity index (χ1n) is 4.48. The third kappa shape index (κ3) is 3.98. The van der Waals surface area contributed by atoms with Crippen LogP contribution in [0.3, 0.4) is 0 Å². The molecule has 1 aromatic rings. The van der Waals surface area contributed by atoms with E-state index in [9.17, 15) is 4.79 Å². The van der Waals surface area contributed by atoms with Crippen molar-refractivity contribution in [3.05, 3.63) is 23.2 Å². The number of carbonyl (C=O) groups is 1. The van der Waals surface area contributed by atoms with Gasteiger partial charge in [0, 0.05) is 18.0 Å². The quantitative estimate of drug-likeness (QED) is 0.635. The molecule has 0 radical (unpaired) electrons. The van der Waals surface area contributed by atoms with E-state index < -0.39 is 0 Å². The molecule has 0 aliphatic carbocycles. The van der Waals surface area contributed by atoms with E-state index in [4.69, 9.17) is 28.3 Å². The van der Waals surface area contributed by atoms with Crippen LogP contribution in [0.1, 0.15) is 12.8 Å². The summed E-state index contributed by atoms with van der Waals surface area (Å²) in [6, 6.07) is 4.51. The molecule has 1 amide bonds. The van der Waals surface area contributed by atoms with Crippen molar-refractivity contribution in [1.82, 2.24) is 0 Å². The van der Waals surface area contributed by atoms with Gasteiger partial charge in [-0.3, -0.25) is 4.79 Å². The Bertz CT molecular complexity index is 355. The van der Waals surface area contributed by atoms with Gasteiger partial charge in [0.25, 0.3) is 0 Å². The first kappa shape index (κ1) is 12.1. The third-order valence-electron chi connectivity index (χ3n) is 1.77. The number of benzene rings is 1. The lowest BCUT2D eigenvalue weighted by Gasteiger charge is -2.05. The highest BCUT2D eigenvalue weighted by atomic mass is 35.5. The number of hydrogen-bond donors (Lipinski definition) is 2. The van der Waals surface area contributed by atoms with Crippen LogP contribution in [0.5, 0.6) is 5.75 Å². The van der Waals surface area contributed by atoms with Crippen LogP contribution in [0, 0.1) is 0 Å². The monoisotopic (exact) mass is 247 g/mol. The molecule has 0 unspecified atom stereocenters. The van der Waals surface area contributed by atoms with Gasteiger partial charge in [0.2, 0.25) is 5.91 Å². The summed E-state index contributed by atoms with van der Waals surface area (Å²) in [6.45, 7) is 0. The van der Waals surface area contributed by atoms with E-state index in [1.165, 1.54) is 12.1 Å². The summed E-state index contributed by atoms with van der Waals surface area (Å²) in [5.74, 6) is 0.344. The number of hydrogen-bond acceptors (Lipinski definition) is 2. The maximum atomic E-state index is 11.3. The summed E-state index contributed by atoms with van der Waals surface area (Å²) >= 11 is 11.1. The van der Waals surface area contributed by atoms with E-state index in [-0.39, 0.29) is 16.7 Å². The van der Waals surface area contributed by atoms with E-state index in [2.05, 4.69) is 5.32 Å². The van der Waals surface area contributed by atoms with E-state index in [0.29, 0.717) is 24.4 Å². The fourth-order valence-corrected chi connectivity index (χ4v) is 1.35. The van der Waals surface area contributed by atoms with Crippen LogP contribution in [0.15, 0.2) is 18.2 Å². The molecule has 1 aromatic carbocycles. The van der Waals surface area contributed by atoms with Crippen molar-refractivity contribution in [2.24, 2.45) is 0 Å². The van der Waals surface area contributed by atoms with Gasteiger partial charge < -0.3 is 10.4 Å². The maximum absolute atomic E-state index is 11.3. The van der Waals surface area contributed by atoms with Gasteiger partial charge in [0.05, 0.1) is 5.02 Å². The highest BCUT2D eigenvalue weighted by Gasteiger charge is 2.04. The summed E-state index contributed by atoms with van der Waals surface area (Å²) in [6.07, 6.45) is 1.02. The lowest BCUT2D eigenvalue weighted by atomic mass is 10.2. The maximum Gasteiger partial charge on any atom is 0.224 e. The molecule has 3 nitrogen and oxygen atoms in total. The van der Waals surface area contributed by atoms with Gasteiger partial charge in [-0.05, 0) is 24.6 Å². The minimum absolute atomic E-state index is 0.00424. The van der Waals surface area contributed by atoms with Crippen molar-refractivity contribution in [2.75, 3.05) is 11.2 Å². The molecule has 0 spiro atoms. The van der Waals surface area contributed by atoms with E-state index in [0.717, 1.165) is 0 Å². The molecular formula is C10H11Cl2NO2. The van der Waals surface area contributed by atoms with Gasteiger partial charge in [-0.1, -0.05) is 11.6 Å². The highest BCUT2D eigenvalue weighted by Crippen LogP contribution is 2.26. The summed E-state index contributed by atoms with van der Waals surface area (Å²) in [4.78, 5) is 11.3. The molecule has 5 heteroatoms. The van der Waals surface area contributed by atoms with Crippen molar-refractivity contribution in [3.63, 3.8) is 0 Å². The first-order valence-corrected chi connectivity index (χ1v) is 5.39. The number of phenolic OH excluding ortho intramolecular Hbond substituents is 1. The molecule has 0 aliphatic heterocycles. The van der Waals surface area contributed by atoms with Crippen molar-refractivity contribution < 1.29 is 9.90 Å². The average Bonchev–Trinajstić information content (AvgIpc) is 2.20. The van der Waals surface area contributed by atoms with Gasteiger partial charge in [0.1, 0.15) is 5.75 Å². The predicted octanol–water partition coefficient (Wildman–Crippen LogP) is 3.00. The van der Waals surface area contributed by atoms with Crippen molar-refractivity contribution >= 4 is 34.8 Å². The third-order valence-corrected chi connectivity index (χ3v) is 2.34. The lowest BCUT2D eigenvalue weighted by Crippen LogP contribution is -2.11. The zero-order valence-corrected chi connectivity index (χ0v) is 9.48. The lowest BCUT2D eigenvalue weighted by molar-refractivity contribution is -0.116. The molecule has 82 valence electrons. The summed E-state index contributed by atoms with van der Waals surface area (Å²) in [7, 11) is 0. The SMILES string of the molecule is O=C(CCCCl)Nc1ccc(O)c(Cl)c1. The van der Waals surface area contributed by atoms with Gasteiger partial charge in [-0.2, -0.15) is 0 Å². The van der Waals surface area contributed by atoms with Crippen LogP contribution < -0.4 is 5.32 Å². The first-order chi connectivity index (χ1) is 7.13. The standard InChI is InChI=1S/C10H11Cl2NO2/c11-5-1-2-10(15)13-7-3-4-9(14)8(12)6-7/h3-4,6,14H,1-2,5H2,(H,13,15). The summed E-state index contributed by atoms with van der Waals surface area (Å²) < 4.78 is 0. The minimum Gasteiger partial charge on any atom is -0.506 e. The molecule has 0 fully saturated rings. The number of amides is 1. The highest BCUT2D eigenvalue weighted by molar-refractivity contribution is 6.32. The Morgan fingerprint density at radius 2 is 2.20 bits per heavy atom. The zero-order chi connectivity index (χ0) is 11.3. The number of aromatic hydroxyl groups is 1. The van der Waals surface area contributed by atoms with E-state index in [1.54, 1.807) is 6.07 Å². The van der Waals surface area contributed by atoms with Gasteiger partial charge in [-0.15, -0.1) is 11.6 Å². The van der Waals surface area contributed by atoms with Crippen LogP contribution in [0.25, 0.3) is 0 Å². The average molecular weight is 248 g/mol. The van der Waals surface area contributed by atoms with Crippen LogP contribution >= 0.6 is 23.2 Å². The number of alkyl halides is 1. The Balaban J connectivity index is 2.57. The van der Waals surface area contributed by atoms with E-state index in [1.807, 2.05) is 0 Å². The molecule has 0 saturated carbocycles. The molecule has 0 heterocycles. The summed E-state index contributed by atoms with van der Waals surface area (Å²) in [5.41, 5.74) is 0.567. The Morgan fingerprint density at radius 1 is 1.47 bits per heavy atom. The molecule has 0 aliphatic rings. The topological polar surface area (TPSA) is 49.3 Å². The molecule has 2 N–H and O–H groups in total. The second kappa shape index (κ2) is 5.83. The number of carbonyl (C=O) groups excluding carboxylic acids is 1. The summed E-state index contributed by atoms with van der Waals surface area (Å²) in [5, 5.41) is 12.0. The number of anilines is 1. The van der Waals surface area contributed by atoms with Crippen molar-refractivity contribution in [1.29, 1.82) is 0 Å². The van der Waals surface area contributed by atoms with Gasteiger partial charge >= 0.3 is 0 Å². The van der Waals surface area contributed by atoms with Crippen LogP contribution in [-0.4, -0.2) is 16.9 Å². The second-order valence-electron chi connectivity index (χ2n) is 3.01. The number of rotatable bonds is 4. The molecule has 0 bridgehead atoms. The van der Waals surface area contributed by atoms with Crippen LogP contribution in [0.2, 0.25) is 5.02 Å². The molecular weight excluding hydrogens is 237 g/mol. The van der Waals surface area contributed by atoms with Gasteiger partial charge in [0.15, 0.2) is 0 Å². The smallest absolute Gasteiger partial charge is 0.224 e. The number of nitrogens with one attached hydrogen (secondary N) is 1. The Hall–Kier alpha value is -0.930. The molecule has 0 aromatic heterocycles.